The lowest BCUT2D eigenvalue weighted by molar-refractivity contribution is -0.127. The smallest absolute Gasteiger partial charge is 0.165 e. The first-order valence-corrected chi connectivity index (χ1v) is 9.66. The van der Waals surface area contributed by atoms with Crippen LogP contribution >= 0.6 is 11.6 Å². The number of carbonyl (C=O) groups is 1. The molecule has 2 aromatic carbocycles. The number of aliphatic hydroxyl groups is 1. The average molecular weight is 372 g/mol. The lowest BCUT2D eigenvalue weighted by Crippen LogP contribution is -2.44. The van der Waals surface area contributed by atoms with E-state index in [4.69, 9.17) is 11.6 Å². The van der Waals surface area contributed by atoms with Gasteiger partial charge in [-0.05, 0) is 49.4 Å². The van der Waals surface area contributed by atoms with Crippen LogP contribution in [-0.4, -0.2) is 24.0 Å². The number of rotatable bonds is 6. The van der Waals surface area contributed by atoms with Gasteiger partial charge in [-0.3, -0.25) is 4.79 Å². The minimum Gasteiger partial charge on any atom is -0.393 e. The highest BCUT2D eigenvalue weighted by Crippen LogP contribution is 2.44. The quantitative estimate of drug-likeness (QED) is 0.751. The summed E-state index contributed by atoms with van der Waals surface area (Å²) in [7, 11) is 1.91. The summed E-state index contributed by atoms with van der Waals surface area (Å²) in [6, 6.07) is 17.6. The van der Waals surface area contributed by atoms with Crippen molar-refractivity contribution < 1.29 is 9.90 Å². The van der Waals surface area contributed by atoms with Crippen LogP contribution in [0.2, 0.25) is 0 Å². The number of halogens is 1. The molecular weight excluding hydrogens is 346 g/mol. The van der Waals surface area contributed by atoms with Gasteiger partial charge in [-0.15, -0.1) is 11.6 Å². The molecule has 26 heavy (non-hydrogen) atoms. The van der Waals surface area contributed by atoms with E-state index < -0.39 is 16.9 Å². The number of benzene rings is 2. The number of nitrogens with one attached hydrogen (secondary N) is 1. The van der Waals surface area contributed by atoms with Gasteiger partial charge >= 0.3 is 0 Å². The molecule has 0 aliphatic heterocycles. The zero-order chi connectivity index (χ0) is 18.6. The van der Waals surface area contributed by atoms with Gasteiger partial charge < -0.3 is 10.4 Å². The molecule has 0 aromatic heterocycles. The molecule has 3 nitrogen and oxygen atoms in total. The van der Waals surface area contributed by atoms with Gasteiger partial charge in [-0.1, -0.05) is 54.6 Å². The molecule has 1 fully saturated rings. The fraction of sp³-hybridized carbons (Fsp3) is 0.409. The Morgan fingerprint density at radius 1 is 1.23 bits per heavy atom. The van der Waals surface area contributed by atoms with Gasteiger partial charge in [0.15, 0.2) is 5.78 Å². The molecule has 0 saturated heterocycles. The molecule has 0 heterocycles. The molecule has 4 heteroatoms. The zero-order valence-electron chi connectivity index (χ0n) is 15.1. The van der Waals surface area contributed by atoms with Crippen molar-refractivity contribution in [3.05, 3.63) is 71.3 Å². The van der Waals surface area contributed by atoms with Gasteiger partial charge in [0.1, 0.15) is 5.38 Å². The molecule has 0 radical (unpaired) electrons. The molecule has 0 spiro atoms. The minimum atomic E-state index is -0.724. The Balaban J connectivity index is 1.97. The van der Waals surface area contributed by atoms with E-state index in [0.717, 1.165) is 36.9 Å². The number of ketones is 1. The molecular formula is C22H26ClNO2. The maximum absolute atomic E-state index is 13.5. The summed E-state index contributed by atoms with van der Waals surface area (Å²) in [4.78, 5) is 13.5. The monoisotopic (exact) mass is 371 g/mol. The van der Waals surface area contributed by atoms with Crippen molar-refractivity contribution in [2.45, 2.75) is 49.1 Å². The second-order valence-electron chi connectivity index (χ2n) is 7.20. The average Bonchev–Trinajstić information content (AvgIpc) is 2.68. The highest BCUT2D eigenvalue weighted by molar-refractivity contribution is 6.32. The Morgan fingerprint density at radius 3 is 2.54 bits per heavy atom. The van der Waals surface area contributed by atoms with Crippen molar-refractivity contribution in [3.8, 4) is 0 Å². The molecule has 2 aromatic rings. The molecule has 2 N–H and O–H groups in total. The summed E-state index contributed by atoms with van der Waals surface area (Å²) in [5.74, 6) is -0.00881. The Bertz CT molecular complexity index is 732. The molecule has 0 bridgehead atoms. The first kappa shape index (κ1) is 19.1. The predicted octanol–water partition coefficient (Wildman–Crippen LogP) is 4.13. The largest absolute Gasteiger partial charge is 0.393 e. The Morgan fingerprint density at radius 2 is 1.92 bits per heavy atom. The van der Waals surface area contributed by atoms with Crippen LogP contribution in [0.5, 0.6) is 0 Å². The van der Waals surface area contributed by atoms with Crippen LogP contribution in [-0.2, 0) is 16.8 Å². The Labute approximate surface area is 160 Å². The normalized spacial score (nSPS) is 24.2. The van der Waals surface area contributed by atoms with E-state index in [1.807, 2.05) is 61.6 Å². The predicted molar refractivity (Wildman–Crippen MR) is 105 cm³/mol. The Hall–Kier alpha value is -1.68. The number of Topliss-reactive ketones (excluding diaryl/α,β-unsaturated/α-hetero) is 1. The number of alkyl halides is 1. The molecule has 0 amide bonds. The molecule has 3 rings (SSSR count). The first-order chi connectivity index (χ1) is 12.6. The van der Waals surface area contributed by atoms with E-state index in [1.54, 1.807) is 0 Å². The fourth-order valence-corrected chi connectivity index (χ4v) is 4.39. The van der Waals surface area contributed by atoms with E-state index in [9.17, 15) is 9.90 Å². The van der Waals surface area contributed by atoms with Crippen molar-refractivity contribution in [1.82, 2.24) is 5.32 Å². The third-order valence-electron chi connectivity index (χ3n) is 5.41. The molecule has 1 saturated carbocycles. The van der Waals surface area contributed by atoms with E-state index in [-0.39, 0.29) is 5.78 Å². The van der Waals surface area contributed by atoms with E-state index >= 15 is 0 Å². The number of hydrogen-bond acceptors (Lipinski definition) is 3. The summed E-state index contributed by atoms with van der Waals surface area (Å²) in [5, 5.41) is 12.8. The highest BCUT2D eigenvalue weighted by atomic mass is 35.5. The third kappa shape index (κ3) is 3.85. The highest BCUT2D eigenvalue weighted by Gasteiger charge is 2.46. The number of hydrogen-bond donors (Lipinski definition) is 2. The molecule has 1 aliphatic carbocycles. The van der Waals surface area contributed by atoms with E-state index in [1.165, 1.54) is 5.56 Å². The van der Waals surface area contributed by atoms with Gasteiger partial charge in [0.2, 0.25) is 0 Å². The summed E-state index contributed by atoms with van der Waals surface area (Å²) in [5.41, 5.74) is 2.21. The van der Waals surface area contributed by atoms with Gasteiger partial charge in [-0.25, -0.2) is 0 Å². The lowest BCUT2D eigenvalue weighted by atomic mass is 9.64. The lowest BCUT2D eigenvalue weighted by Gasteiger charge is -2.40. The van der Waals surface area contributed by atoms with Crippen LogP contribution in [0.3, 0.4) is 0 Å². The van der Waals surface area contributed by atoms with Gasteiger partial charge in [0, 0.05) is 6.54 Å². The summed E-state index contributed by atoms with van der Waals surface area (Å²) in [6.07, 6.45) is 2.26. The van der Waals surface area contributed by atoms with Crippen LogP contribution in [0.15, 0.2) is 54.6 Å². The van der Waals surface area contributed by atoms with Gasteiger partial charge in [-0.2, -0.15) is 0 Å². The first-order valence-electron chi connectivity index (χ1n) is 9.22. The second-order valence-corrected chi connectivity index (χ2v) is 7.63. The van der Waals surface area contributed by atoms with Gasteiger partial charge in [0.25, 0.3) is 0 Å². The molecule has 1 aliphatic rings. The fourth-order valence-electron chi connectivity index (χ4n) is 4.04. The summed E-state index contributed by atoms with van der Waals surface area (Å²) in [6.45, 7) is 0.784. The van der Waals surface area contributed by atoms with Crippen LogP contribution in [0.25, 0.3) is 0 Å². The maximum atomic E-state index is 13.5. The van der Waals surface area contributed by atoms with Crippen LogP contribution in [0.1, 0.15) is 47.8 Å². The molecule has 138 valence electrons. The molecule has 3 unspecified atom stereocenters. The number of carbonyl (C=O) groups excluding carboxylic acids is 1. The van der Waals surface area contributed by atoms with Crippen molar-refractivity contribution >= 4 is 17.4 Å². The van der Waals surface area contributed by atoms with Crippen LogP contribution in [0, 0.1) is 0 Å². The van der Waals surface area contributed by atoms with Crippen molar-refractivity contribution in [3.63, 3.8) is 0 Å². The summed E-state index contributed by atoms with van der Waals surface area (Å²) >= 11 is 6.62. The third-order valence-corrected chi connectivity index (χ3v) is 5.86. The summed E-state index contributed by atoms with van der Waals surface area (Å²) < 4.78 is 0. The zero-order valence-corrected chi connectivity index (χ0v) is 15.9. The number of aliphatic hydroxyl groups excluding tert-OH is 1. The second kappa shape index (κ2) is 8.34. The van der Waals surface area contributed by atoms with Crippen molar-refractivity contribution in [2.75, 3.05) is 7.05 Å². The molecule has 3 atom stereocenters. The van der Waals surface area contributed by atoms with E-state index in [2.05, 4.69) is 5.32 Å². The van der Waals surface area contributed by atoms with Gasteiger partial charge in [0.05, 0.1) is 11.5 Å². The minimum absolute atomic E-state index is 0.00881. The Kier molecular flexibility index (Phi) is 6.13. The van der Waals surface area contributed by atoms with Crippen LogP contribution in [0.4, 0.5) is 0 Å². The standard InChI is InChI=1S/C22H26ClNO2/c1-24-15-16-9-11-18(12-10-16)22(13-5-8-19(25)14-22)21(26)20(23)17-6-3-2-4-7-17/h2-4,6-7,9-12,19-20,24-25H,5,8,13-15H2,1H3. The van der Waals surface area contributed by atoms with Crippen LogP contribution < -0.4 is 5.32 Å². The SMILES string of the molecule is CNCc1ccc(C2(C(=O)C(Cl)c3ccccc3)CCCC(O)C2)cc1. The van der Waals surface area contributed by atoms with E-state index in [0.29, 0.717) is 6.42 Å². The maximum Gasteiger partial charge on any atom is 0.165 e. The van der Waals surface area contributed by atoms with Crippen molar-refractivity contribution in [2.24, 2.45) is 0 Å². The topological polar surface area (TPSA) is 49.3 Å². The van der Waals surface area contributed by atoms with Crippen molar-refractivity contribution in [1.29, 1.82) is 0 Å².